The highest BCUT2D eigenvalue weighted by atomic mass is 32.2. The van der Waals surface area contributed by atoms with Gasteiger partial charge in [0.2, 0.25) is 0 Å². The van der Waals surface area contributed by atoms with Gasteiger partial charge in [-0.3, -0.25) is 15.0 Å². The van der Waals surface area contributed by atoms with E-state index in [1.807, 2.05) is 0 Å². The minimum atomic E-state index is -4.00. The van der Waals surface area contributed by atoms with Crippen molar-refractivity contribution >= 4 is 15.7 Å². The summed E-state index contributed by atoms with van der Waals surface area (Å²) in [6.45, 7) is 0. The van der Waals surface area contributed by atoms with Crippen LogP contribution in [0, 0.1) is 10.1 Å². The van der Waals surface area contributed by atoms with E-state index in [4.69, 9.17) is 0 Å². The Morgan fingerprint density at radius 3 is 2.44 bits per heavy atom. The molecule has 0 fully saturated rings. The molecule has 0 bridgehead atoms. The van der Waals surface area contributed by atoms with Crippen LogP contribution < -0.4 is 0 Å². The van der Waals surface area contributed by atoms with Gasteiger partial charge in [0.05, 0.1) is 12.0 Å². The van der Waals surface area contributed by atoms with E-state index in [0.29, 0.717) is 4.47 Å². The second-order valence-corrected chi connectivity index (χ2v) is 4.73. The minimum Gasteiger partial charge on any atom is -0.288 e. The second kappa shape index (κ2) is 4.56. The SMILES string of the molecule is CON(C)S(=O)(=O)c1ccccc1[N+](=O)[O-]. The molecule has 0 radical (unpaired) electrons. The zero-order chi connectivity index (χ0) is 12.3. The molecule has 0 aliphatic carbocycles. The zero-order valence-corrected chi connectivity index (χ0v) is 9.47. The molecule has 7 nitrogen and oxygen atoms in total. The van der Waals surface area contributed by atoms with Crippen LogP contribution in [0.15, 0.2) is 29.2 Å². The van der Waals surface area contributed by atoms with Gasteiger partial charge in [0.25, 0.3) is 15.7 Å². The van der Waals surface area contributed by atoms with E-state index < -0.39 is 25.5 Å². The van der Waals surface area contributed by atoms with E-state index in [1.54, 1.807) is 0 Å². The predicted molar refractivity (Wildman–Crippen MR) is 55.1 cm³/mol. The predicted octanol–water partition coefficient (Wildman–Crippen LogP) is 0.777. The fraction of sp³-hybridized carbons (Fsp3) is 0.250. The van der Waals surface area contributed by atoms with Crippen molar-refractivity contribution in [2.45, 2.75) is 4.90 Å². The Balaban J connectivity index is 3.39. The molecule has 0 atom stereocenters. The third-order valence-corrected chi connectivity index (χ3v) is 3.66. The van der Waals surface area contributed by atoms with E-state index in [-0.39, 0.29) is 0 Å². The molecule has 0 amide bonds. The number of hydroxylamine groups is 1. The number of benzene rings is 1. The van der Waals surface area contributed by atoms with Crippen molar-refractivity contribution in [3.05, 3.63) is 34.4 Å². The van der Waals surface area contributed by atoms with Gasteiger partial charge in [-0.2, -0.15) is 0 Å². The Hall–Kier alpha value is -1.51. The van der Waals surface area contributed by atoms with Crippen LogP contribution in [-0.2, 0) is 14.9 Å². The molecule has 0 spiro atoms. The Morgan fingerprint density at radius 1 is 1.38 bits per heavy atom. The van der Waals surface area contributed by atoms with Crippen molar-refractivity contribution in [1.29, 1.82) is 0 Å². The van der Waals surface area contributed by atoms with E-state index in [1.165, 1.54) is 12.1 Å². The molecule has 0 heterocycles. The average Bonchev–Trinajstić information content (AvgIpc) is 2.27. The smallest absolute Gasteiger partial charge is 0.288 e. The van der Waals surface area contributed by atoms with Crippen molar-refractivity contribution < 1.29 is 18.2 Å². The van der Waals surface area contributed by atoms with Crippen LogP contribution in [-0.4, -0.2) is 32.0 Å². The molecule has 0 unspecified atom stereocenters. The van der Waals surface area contributed by atoms with E-state index in [0.717, 1.165) is 26.3 Å². The topological polar surface area (TPSA) is 89.8 Å². The third-order valence-electron chi connectivity index (χ3n) is 1.94. The maximum absolute atomic E-state index is 11.8. The maximum Gasteiger partial charge on any atom is 0.289 e. The van der Waals surface area contributed by atoms with Crippen LogP contribution in [0.3, 0.4) is 0 Å². The van der Waals surface area contributed by atoms with E-state index in [9.17, 15) is 18.5 Å². The summed E-state index contributed by atoms with van der Waals surface area (Å²) < 4.78 is 24.1. The number of hydrogen-bond acceptors (Lipinski definition) is 5. The Bertz CT molecular complexity index is 499. The first-order valence-electron chi connectivity index (χ1n) is 4.17. The molecule has 1 rings (SSSR count). The van der Waals surface area contributed by atoms with Crippen LogP contribution in [0.2, 0.25) is 0 Å². The monoisotopic (exact) mass is 246 g/mol. The van der Waals surface area contributed by atoms with Gasteiger partial charge in [0.1, 0.15) is 0 Å². The van der Waals surface area contributed by atoms with Gasteiger partial charge in [-0.25, -0.2) is 8.42 Å². The highest BCUT2D eigenvalue weighted by Crippen LogP contribution is 2.25. The molecule has 1 aromatic carbocycles. The lowest BCUT2D eigenvalue weighted by molar-refractivity contribution is -0.387. The number of hydrogen-bond donors (Lipinski definition) is 0. The summed E-state index contributed by atoms with van der Waals surface area (Å²) in [6.07, 6.45) is 0. The van der Waals surface area contributed by atoms with Crippen molar-refractivity contribution in [2.75, 3.05) is 14.2 Å². The van der Waals surface area contributed by atoms with Crippen LogP contribution in [0.5, 0.6) is 0 Å². The summed E-state index contributed by atoms with van der Waals surface area (Å²) in [4.78, 5) is 14.0. The maximum atomic E-state index is 11.8. The molecule has 8 heteroatoms. The molecule has 0 aliphatic heterocycles. The summed E-state index contributed by atoms with van der Waals surface area (Å²) in [7, 11) is -1.68. The first-order chi connectivity index (χ1) is 7.41. The van der Waals surface area contributed by atoms with Gasteiger partial charge in [0, 0.05) is 13.1 Å². The molecule has 0 aromatic heterocycles. The second-order valence-electron chi connectivity index (χ2n) is 2.82. The number of nitro groups is 1. The van der Waals surface area contributed by atoms with Crippen LogP contribution in [0.4, 0.5) is 5.69 Å². The van der Waals surface area contributed by atoms with Crippen molar-refractivity contribution in [3.63, 3.8) is 0 Å². The third kappa shape index (κ3) is 2.18. The van der Waals surface area contributed by atoms with Crippen LogP contribution in [0.25, 0.3) is 0 Å². The quantitative estimate of drug-likeness (QED) is 0.578. The van der Waals surface area contributed by atoms with Gasteiger partial charge < -0.3 is 0 Å². The highest BCUT2D eigenvalue weighted by Gasteiger charge is 2.29. The molecule has 0 aliphatic rings. The number of nitro benzene ring substituents is 1. The lowest BCUT2D eigenvalue weighted by atomic mass is 10.3. The molecule has 0 N–H and O–H groups in total. The fourth-order valence-electron chi connectivity index (χ4n) is 1.06. The first kappa shape index (κ1) is 12.6. The lowest BCUT2D eigenvalue weighted by Crippen LogP contribution is -2.26. The molecular weight excluding hydrogens is 236 g/mol. The van der Waals surface area contributed by atoms with Crippen molar-refractivity contribution in [3.8, 4) is 0 Å². The molecule has 0 saturated heterocycles. The van der Waals surface area contributed by atoms with Gasteiger partial charge in [0.15, 0.2) is 4.90 Å². The Morgan fingerprint density at radius 2 is 1.94 bits per heavy atom. The zero-order valence-electron chi connectivity index (χ0n) is 8.65. The largest absolute Gasteiger partial charge is 0.289 e. The van der Waals surface area contributed by atoms with Gasteiger partial charge in [-0.1, -0.05) is 16.6 Å². The van der Waals surface area contributed by atoms with Crippen molar-refractivity contribution in [1.82, 2.24) is 4.47 Å². The number of nitrogens with zero attached hydrogens (tertiary/aromatic N) is 2. The van der Waals surface area contributed by atoms with E-state index >= 15 is 0 Å². The molecular formula is C8H10N2O5S. The highest BCUT2D eigenvalue weighted by molar-refractivity contribution is 7.89. The van der Waals surface area contributed by atoms with Gasteiger partial charge in [-0.05, 0) is 6.07 Å². The lowest BCUT2D eigenvalue weighted by Gasteiger charge is -2.13. The first-order valence-corrected chi connectivity index (χ1v) is 5.61. The summed E-state index contributed by atoms with van der Waals surface area (Å²) >= 11 is 0. The summed E-state index contributed by atoms with van der Waals surface area (Å²) in [5.41, 5.74) is -0.480. The number of sulfonamides is 1. The minimum absolute atomic E-state index is 0.399. The normalized spacial score (nSPS) is 11.7. The Labute approximate surface area is 92.4 Å². The summed E-state index contributed by atoms with van der Waals surface area (Å²) in [5.74, 6) is 0. The number of para-hydroxylation sites is 1. The molecule has 16 heavy (non-hydrogen) atoms. The Kier molecular flexibility index (Phi) is 3.58. The van der Waals surface area contributed by atoms with Gasteiger partial charge in [-0.15, -0.1) is 0 Å². The van der Waals surface area contributed by atoms with Crippen LogP contribution >= 0.6 is 0 Å². The standard InChI is InChI=1S/C8H10N2O5S/c1-9(15-2)16(13,14)8-6-4-3-5-7(8)10(11)12/h3-6H,1-2H3. The van der Waals surface area contributed by atoms with Gasteiger partial charge >= 0.3 is 0 Å². The summed E-state index contributed by atoms with van der Waals surface area (Å²) in [5, 5.41) is 10.7. The molecule has 1 aromatic rings. The van der Waals surface area contributed by atoms with E-state index in [2.05, 4.69) is 4.84 Å². The fourth-order valence-corrected chi connectivity index (χ4v) is 2.19. The summed E-state index contributed by atoms with van der Waals surface area (Å²) in [6, 6.07) is 5.08. The van der Waals surface area contributed by atoms with Crippen LogP contribution in [0.1, 0.15) is 0 Å². The molecule has 0 saturated carbocycles. The van der Waals surface area contributed by atoms with Crippen molar-refractivity contribution in [2.24, 2.45) is 0 Å². The molecule has 88 valence electrons. The average molecular weight is 246 g/mol. The number of rotatable bonds is 4.